The molecule has 1 heterocycles. The van der Waals surface area contributed by atoms with E-state index >= 15 is 0 Å². The molecule has 0 aliphatic heterocycles. The minimum atomic E-state index is 0.235. The van der Waals surface area contributed by atoms with Crippen molar-refractivity contribution in [1.82, 2.24) is 9.97 Å². The number of rotatable bonds is 4. The molecule has 104 valence electrons. The van der Waals surface area contributed by atoms with Crippen molar-refractivity contribution in [1.29, 1.82) is 0 Å². The fourth-order valence-electron chi connectivity index (χ4n) is 3.23. The number of anilines is 1. The third-order valence-corrected chi connectivity index (χ3v) is 4.35. The van der Waals surface area contributed by atoms with Crippen molar-refractivity contribution >= 4 is 5.95 Å². The number of nitrogens with zero attached hydrogens (tertiary/aromatic N) is 2. The van der Waals surface area contributed by atoms with Gasteiger partial charge in [0.05, 0.1) is 0 Å². The lowest BCUT2D eigenvalue weighted by molar-refractivity contribution is 0.307. The van der Waals surface area contributed by atoms with Gasteiger partial charge in [-0.1, -0.05) is 49.6 Å². The van der Waals surface area contributed by atoms with Crippen molar-refractivity contribution in [2.24, 2.45) is 0 Å². The van der Waals surface area contributed by atoms with Gasteiger partial charge in [0.25, 0.3) is 0 Å². The van der Waals surface area contributed by atoms with E-state index in [0.29, 0.717) is 0 Å². The first-order valence-electron chi connectivity index (χ1n) is 7.46. The van der Waals surface area contributed by atoms with Gasteiger partial charge in [0.1, 0.15) is 0 Å². The van der Waals surface area contributed by atoms with E-state index in [-0.39, 0.29) is 5.41 Å². The van der Waals surface area contributed by atoms with Gasteiger partial charge in [-0.2, -0.15) is 0 Å². The van der Waals surface area contributed by atoms with Gasteiger partial charge in [0.2, 0.25) is 5.95 Å². The van der Waals surface area contributed by atoms with E-state index in [1.54, 1.807) is 12.4 Å². The van der Waals surface area contributed by atoms with Gasteiger partial charge in [-0.05, 0) is 24.5 Å². The van der Waals surface area contributed by atoms with E-state index in [1.165, 1.54) is 37.7 Å². The van der Waals surface area contributed by atoms with Gasteiger partial charge in [-0.15, -0.1) is 0 Å². The maximum Gasteiger partial charge on any atom is 0.222 e. The van der Waals surface area contributed by atoms with Crippen molar-refractivity contribution in [3.63, 3.8) is 0 Å². The molecule has 1 aliphatic carbocycles. The SMILES string of the molecule is c1ccc(C2(CNc3ncccn3)CCCCC2)cc1. The maximum absolute atomic E-state index is 4.27. The van der Waals surface area contributed by atoms with Gasteiger partial charge >= 0.3 is 0 Å². The van der Waals surface area contributed by atoms with E-state index in [0.717, 1.165) is 12.5 Å². The molecule has 3 nitrogen and oxygen atoms in total. The zero-order chi connectivity index (χ0) is 13.7. The van der Waals surface area contributed by atoms with E-state index < -0.39 is 0 Å². The average molecular weight is 267 g/mol. The van der Waals surface area contributed by atoms with Crippen LogP contribution < -0.4 is 5.32 Å². The summed E-state index contributed by atoms with van der Waals surface area (Å²) in [5.41, 5.74) is 1.68. The Kier molecular flexibility index (Phi) is 3.95. The van der Waals surface area contributed by atoms with Crippen LogP contribution in [0, 0.1) is 0 Å². The van der Waals surface area contributed by atoms with Crippen LogP contribution in [0.2, 0.25) is 0 Å². The van der Waals surface area contributed by atoms with E-state index in [4.69, 9.17) is 0 Å². The van der Waals surface area contributed by atoms with Crippen LogP contribution in [0.4, 0.5) is 5.95 Å². The van der Waals surface area contributed by atoms with Crippen LogP contribution in [0.5, 0.6) is 0 Å². The van der Waals surface area contributed by atoms with E-state index in [9.17, 15) is 0 Å². The summed E-state index contributed by atoms with van der Waals surface area (Å²) in [6.07, 6.45) is 10.0. The Hall–Kier alpha value is -1.90. The van der Waals surface area contributed by atoms with Gasteiger partial charge in [-0.3, -0.25) is 0 Å². The highest BCUT2D eigenvalue weighted by Gasteiger charge is 2.33. The highest BCUT2D eigenvalue weighted by molar-refractivity contribution is 5.31. The molecule has 3 heteroatoms. The molecule has 1 saturated carbocycles. The molecule has 0 atom stereocenters. The third kappa shape index (κ3) is 2.82. The van der Waals surface area contributed by atoms with Crippen molar-refractivity contribution < 1.29 is 0 Å². The lowest BCUT2D eigenvalue weighted by Gasteiger charge is -2.38. The van der Waals surface area contributed by atoms with E-state index in [2.05, 4.69) is 45.6 Å². The monoisotopic (exact) mass is 267 g/mol. The zero-order valence-electron chi connectivity index (χ0n) is 11.8. The molecular weight excluding hydrogens is 246 g/mol. The van der Waals surface area contributed by atoms with Crippen molar-refractivity contribution in [2.75, 3.05) is 11.9 Å². The number of hydrogen-bond donors (Lipinski definition) is 1. The van der Waals surface area contributed by atoms with Gasteiger partial charge in [0.15, 0.2) is 0 Å². The molecule has 20 heavy (non-hydrogen) atoms. The first kappa shape index (κ1) is 13.1. The molecule has 1 aliphatic rings. The molecule has 0 spiro atoms. The first-order chi connectivity index (χ1) is 9.89. The highest BCUT2D eigenvalue weighted by atomic mass is 15.1. The molecule has 1 fully saturated rings. The molecule has 1 N–H and O–H groups in total. The van der Waals surface area contributed by atoms with Crippen LogP contribution in [0.15, 0.2) is 48.8 Å². The Bertz CT molecular complexity index is 518. The number of benzene rings is 1. The molecule has 0 unspecified atom stereocenters. The Morgan fingerprint density at radius 1 is 0.900 bits per heavy atom. The van der Waals surface area contributed by atoms with E-state index in [1.807, 2.05) is 6.07 Å². The predicted octanol–water partition coefficient (Wildman–Crippen LogP) is 3.79. The standard InChI is InChI=1S/C17H21N3/c1-3-8-15(9-4-1)17(10-5-2-6-11-17)14-20-16-18-12-7-13-19-16/h1,3-4,7-9,12-13H,2,5-6,10-11,14H2,(H,18,19,20). The maximum atomic E-state index is 4.27. The molecule has 1 aromatic heterocycles. The fourth-order valence-corrected chi connectivity index (χ4v) is 3.23. The number of hydrogen-bond acceptors (Lipinski definition) is 3. The lowest BCUT2D eigenvalue weighted by atomic mass is 9.69. The van der Waals surface area contributed by atoms with Crippen LogP contribution in [-0.2, 0) is 5.41 Å². The fraction of sp³-hybridized carbons (Fsp3) is 0.412. The lowest BCUT2D eigenvalue weighted by Crippen LogP contribution is -2.36. The third-order valence-electron chi connectivity index (χ3n) is 4.35. The molecule has 1 aromatic carbocycles. The van der Waals surface area contributed by atoms with Crippen LogP contribution >= 0.6 is 0 Å². The Morgan fingerprint density at radius 3 is 2.30 bits per heavy atom. The molecule has 2 aromatic rings. The molecule has 0 radical (unpaired) electrons. The molecule has 3 rings (SSSR count). The summed E-state index contributed by atoms with van der Waals surface area (Å²) in [6.45, 7) is 0.918. The molecular formula is C17H21N3. The summed E-state index contributed by atoms with van der Waals surface area (Å²) in [5, 5.41) is 3.43. The summed E-state index contributed by atoms with van der Waals surface area (Å²) in [5.74, 6) is 0.730. The highest BCUT2D eigenvalue weighted by Crippen LogP contribution is 2.39. The minimum Gasteiger partial charge on any atom is -0.353 e. The summed E-state index contributed by atoms with van der Waals surface area (Å²) in [7, 11) is 0. The quantitative estimate of drug-likeness (QED) is 0.915. The summed E-state index contributed by atoms with van der Waals surface area (Å²) < 4.78 is 0. The Labute approximate surface area is 120 Å². The summed E-state index contributed by atoms with van der Waals surface area (Å²) >= 11 is 0. The summed E-state index contributed by atoms with van der Waals surface area (Å²) in [4.78, 5) is 8.53. The smallest absolute Gasteiger partial charge is 0.222 e. The second-order valence-corrected chi connectivity index (χ2v) is 5.63. The summed E-state index contributed by atoms with van der Waals surface area (Å²) in [6, 6.07) is 12.7. The largest absolute Gasteiger partial charge is 0.353 e. The second kappa shape index (κ2) is 6.04. The van der Waals surface area contributed by atoms with Crippen molar-refractivity contribution in [3.8, 4) is 0 Å². The Morgan fingerprint density at radius 2 is 1.60 bits per heavy atom. The Balaban J connectivity index is 1.80. The zero-order valence-corrected chi connectivity index (χ0v) is 11.8. The van der Waals surface area contributed by atoms with Gasteiger partial charge < -0.3 is 5.32 Å². The van der Waals surface area contributed by atoms with Crippen LogP contribution in [0.25, 0.3) is 0 Å². The van der Waals surface area contributed by atoms with Crippen LogP contribution in [0.1, 0.15) is 37.7 Å². The molecule has 0 saturated heterocycles. The molecule has 0 amide bonds. The number of nitrogens with one attached hydrogen (secondary N) is 1. The van der Waals surface area contributed by atoms with Crippen molar-refractivity contribution in [2.45, 2.75) is 37.5 Å². The topological polar surface area (TPSA) is 37.8 Å². The van der Waals surface area contributed by atoms with Gasteiger partial charge in [0, 0.05) is 24.4 Å². The van der Waals surface area contributed by atoms with Crippen LogP contribution in [-0.4, -0.2) is 16.5 Å². The van der Waals surface area contributed by atoms with Crippen LogP contribution in [0.3, 0.4) is 0 Å². The molecule has 0 bridgehead atoms. The van der Waals surface area contributed by atoms with Crippen molar-refractivity contribution in [3.05, 3.63) is 54.4 Å². The predicted molar refractivity (Wildman–Crippen MR) is 81.7 cm³/mol. The average Bonchev–Trinajstić information content (AvgIpc) is 2.56. The normalized spacial score (nSPS) is 17.6. The number of aromatic nitrogens is 2. The first-order valence-corrected chi connectivity index (χ1v) is 7.46. The van der Waals surface area contributed by atoms with Gasteiger partial charge in [-0.25, -0.2) is 9.97 Å². The minimum absolute atomic E-state index is 0.235. The second-order valence-electron chi connectivity index (χ2n) is 5.63.